The van der Waals surface area contributed by atoms with Crippen LogP contribution < -0.4 is 4.90 Å². The average molecular weight is 321 g/mol. The lowest BCUT2D eigenvalue weighted by atomic mass is 10.1. The fourth-order valence-corrected chi connectivity index (χ4v) is 2.85. The van der Waals surface area contributed by atoms with E-state index in [2.05, 4.69) is 20.9 Å². The van der Waals surface area contributed by atoms with Crippen molar-refractivity contribution in [3.05, 3.63) is 54.1 Å². The van der Waals surface area contributed by atoms with Gasteiger partial charge in [-0.2, -0.15) is 5.26 Å². The molecular weight excluding hydrogens is 302 g/mol. The van der Waals surface area contributed by atoms with Gasteiger partial charge in [-0.15, -0.1) is 0 Å². The van der Waals surface area contributed by atoms with Crippen LogP contribution >= 0.6 is 0 Å². The molecule has 0 spiro atoms. The van der Waals surface area contributed by atoms with Crippen molar-refractivity contribution >= 4 is 11.6 Å². The number of carbonyl (C=O) groups excluding carboxylic acids is 1. The average Bonchev–Trinajstić information content (AvgIpc) is 2.67. The van der Waals surface area contributed by atoms with E-state index in [9.17, 15) is 4.79 Å². The molecule has 0 radical (unpaired) electrons. The normalized spacial score (nSPS) is 14.3. The zero-order valence-electron chi connectivity index (χ0n) is 13.4. The minimum absolute atomic E-state index is 0.171. The molecule has 1 aromatic carbocycles. The molecule has 1 amide bonds. The van der Waals surface area contributed by atoms with Crippen molar-refractivity contribution in [1.82, 2.24) is 14.9 Å². The summed E-state index contributed by atoms with van der Waals surface area (Å²) < 4.78 is 0. The maximum Gasteiger partial charge on any atom is 0.223 e. The van der Waals surface area contributed by atoms with Gasteiger partial charge < -0.3 is 9.80 Å². The second kappa shape index (κ2) is 7.55. The SMILES string of the molecule is N#Cc1cccc(N2CCN(C(=O)CCc3cncnc3)CC2)c1. The molecule has 3 rings (SSSR count). The number of carbonyl (C=O) groups is 1. The highest BCUT2D eigenvalue weighted by Crippen LogP contribution is 2.18. The zero-order chi connectivity index (χ0) is 16.8. The summed E-state index contributed by atoms with van der Waals surface area (Å²) in [6.45, 7) is 2.99. The molecule has 0 aliphatic carbocycles. The second-order valence-electron chi connectivity index (χ2n) is 5.78. The maximum absolute atomic E-state index is 12.3. The van der Waals surface area contributed by atoms with Gasteiger partial charge in [-0.25, -0.2) is 9.97 Å². The van der Waals surface area contributed by atoms with Crippen molar-refractivity contribution in [1.29, 1.82) is 5.26 Å². The highest BCUT2D eigenvalue weighted by Gasteiger charge is 2.21. The summed E-state index contributed by atoms with van der Waals surface area (Å²) in [5, 5.41) is 9.00. The molecule has 6 heteroatoms. The summed E-state index contributed by atoms with van der Waals surface area (Å²) in [4.78, 5) is 24.4. The van der Waals surface area contributed by atoms with Crippen LogP contribution in [-0.2, 0) is 11.2 Å². The Morgan fingerprint density at radius 1 is 1.17 bits per heavy atom. The third-order valence-electron chi connectivity index (χ3n) is 4.21. The summed E-state index contributed by atoms with van der Waals surface area (Å²) >= 11 is 0. The monoisotopic (exact) mass is 321 g/mol. The number of piperazine rings is 1. The molecule has 122 valence electrons. The number of amides is 1. The van der Waals surface area contributed by atoms with E-state index < -0.39 is 0 Å². The van der Waals surface area contributed by atoms with E-state index in [-0.39, 0.29) is 5.91 Å². The first-order valence-electron chi connectivity index (χ1n) is 8.03. The summed E-state index contributed by atoms with van der Waals surface area (Å²) in [7, 11) is 0. The number of nitrogens with zero attached hydrogens (tertiary/aromatic N) is 5. The van der Waals surface area contributed by atoms with Crippen LogP contribution in [-0.4, -0.2) is 47.0 Å². The van der Waals surface area contributed by atoms with Crippen molar-refractivity contribution in [3.8, 4) is 6.07 Å². The highest BCUT2D eigenvalue weighted by molar-refractivity contribution is 5.76. The van der Waals surface area contributed by atoms with Gasteiger partial charge in [0.25, 0.3) is 0 Å². The standard InChI is InChI=1S/C18H19N5O/c19-11-15-2-1-3-17(10-15)22-6-8-23(9-7-22)18(24)5-4-16-12-20-14-21-13-16/h1-3,10,12-14H,4-9H2. The Labute approximate surface area is 141 Å². The Bertz CT molecular complexity index is 733. The van der Waals surface area contributed by atoms with E-state index in [0.29, 0.717) is 31.5 Å². The van der Waals surface area contributed by atoms with Gasteiger partial charge in [0.2, 0.25) is 5.91 Å². The molecule has 24 heavy (non-hydrogen) atoms. The fourth-order valence-electron chi connectivity index (χ4n) is 2.85. The summed E-state index contributed by atoms with van der Waals surface area (Å²) in [5.74, 6) is 0.171. The van der Waals surface area contributed by atoms with Gasteiger partial charge >= 0.3 is 0 Å². The van der Waals surface area contributed by atoms with Gasteiger partial charge in [0, 0.05) is 50.7 Å². The van der Waals surface area contributed by atoms with E-state index in [1.165, 1.54) is 6.33 Å². The van der Waals surface area contributed by atoms with E-state index in [1.807, 2.05) is 23.1 Å². The lowest BCUT2D eigenvalue weighted by Crippen LogP contribution is -2.48. The third kappa shape index (κ3) is 3.87. The minimum atomic E-state index is 0.171. The van der Waals surface area contributed by atoms with Crippen LogP contribution in [0.1, 0.15) is 17.5 Å². The maximum atomic E-state index is 12.3. The van der Waals surface area contributed by atoms with Gasteiger partial charge in [-0.05, 0) is 30.2 Å². The Morgan fingerprint density at radius 3 is 2.62 bits per heavy atom. The topological polar surface area (TPSA) is 73.1 Å². The molecule has 0 unspecified atom stereocenters. The molecule has 0 bridgehead atoms. The van der Waals surface area contributed by atoms with Crippen LogP contribution in [0.5, 0.6) is 0 Å². The third-order valence-corrected chi connectivity index (χ3v) is 4.21. The van der Waals surface area contributed by atoms with Crippen molar-refractivity contribution in [2.75, 3.05) is 31.1 Å². The smallest absolute Gasteiger partial charge is 0.223 e. The minimum Gasteiger partial charge on any atom is -0.368 e. The van der Waals surface area contributed by atoms with E-state index in [1.54, 1.807) is 18.5 Å². The molecule has 1 aromatic heterocycles. The van der Waals surface area contributed by atoms with E-state index in [4.69, 9.17) is 5.26 Å². The molecule has 0 saturated carbocycles. The molecular formula is C18H19N5O. The molecule has 6 nitrogen and oxygen atoms in total. The quantitative estimate of drug-likeness (QED) is 0.856. The number of anilines is 1. The van der Waals surface area contributed by atoms with Crippen molar-refractivity contribution in [2.45, 2.75) is 12.8 Å². The first-order chi connectivity index (χ1) is 11.8. The van der Waals surface area contributed by atoms with Crippen molar-refractivity contribution in [2.24, 2.45) is 0 Å². The van der Waals surface area contributed by atoms with Gasteiger partial charge in [0.05, 0.1) is 11.6 Å². The molecule has 1 fully saturated rings. The van der Waals surface area contributed by atoms with Crippen LogP contribution in [0.4, 0.5) is 5.69 Å². The summed E-state index contributed by atoms with van der Waals surface area (Å²) in [6.07, 6.45) is 6.15. The fraction of sp³-hybridized carbons (Fsp3) is 0.333. The van der Waals surface area contributed by atoms with Gasteiger partial charge in [0.15, 0.2) is 0 Å². The first kappa shape index (κ1) is 15.9. The number of rotatable bonds is 4. The van der Waals surface area contributed by atoms with Crippen molar-refractivity contribution < 1.29 is 4.79 Å². The van der Waals surface area contributed by atoms with Crippen LogP contribution in [0.3, 0.4) is 0 Å². The lowest BCUT2D eigenvalue weighted by molar-refractivity contribution is -0.131. The highest BCUT2D eigenvalue weighted by atomic mass is 16.2. The summed E-state index contributed by atoms with van der Waals surface area (Å²) in [5.41, 5.74) is 2.69. The molecule has 2 aromatic rings. The Hall–Kier alpha value is -2.94. The number of aromatic nitrogens is 2. The molecule has 2 heterocycles. The summed E-state index contributed by atoms with van der Waals surface area (Å²) in [6, 6.07) is 9.77. The lowest BCUT2D eigenvalue weighted by Gasteiger charge is -2.36. The molecule has 1 saturated heterocycles. The van der Waals surface area contributed by atoms with Gasteiger partial charge in [-0.3, -0.25) is 4.79 Å². The number of hydrogen-bond acceptors (Lipinski definition) is 5. The Morgan fingerprint density at radius 2 is 1.92 bits per heavy atom. The Kier molecular flexibility index (Phi) is 5.02. The predicted molar refractivity (Wildman–Crippen MR) is 90.3 cm³/mol. The second-order valence-corrected chi connectivity index (χ2v) is 5.78. The molecule has 0 N–H and O–H groups in total. The van der Waals surface area contributed by atoms with Gasteiger partial charge in [-0.1, -0.05) is 6.07 Å². The van der Waals surface area contributed by atoms with Gasteiger partial charge in [0.1, 0.15) is 6.33 Å². The van der Waals surface area contributed by atoms with E-state index in [0.717, 1.165) is 24.3 Å². The Balaban J connectivity index is 1.51. The number of nitriles is 1. The molecule has 1 aliphatic heterocycles. The first-order valence-corrected chi connectivity index (χ1v) is 8.03. The van der Waals surface area contributed by atoms with Crippen LogP contribution in [0.15, 0.2) is 43.0 Å². The number of aryl methyl sites for hydroxylation is 1. The predicted octanol–water partition coefficient (Wildman–Crippen LogP) is 1.63. The van der Waals surface area contributed by atoms with Crippen LogP contribution in [0.25, 0.3) is 0 Å². The van der Waals surface area contributed by atoms with Crippen LogP contribution in [0, 0.1) is 11.3 Å². The zero-order valence-corrected chi connectivity index (χ0v) is 13.4. The molecule has 1 aliphatic rings. The van der Waals surface area contributed by atoms with Crippen molar-refractivity contribution in [3.63, 3.8) is 0 Å². The molecule has 0 atom stereocenters. The van der Waals surface area contributed by atoms with E-state index >= 15 is 0 Å². The van der Waals surface area contributed by atoms with Crippen LogP contribution in [0.2, 0.25) is 0 Å². The number of hydrogen-bond donors (Lipinski definition) is 0. The largest absolute Gasteiger partial charge is 0.368 e. The number of benzene rings is 1.